The number of rotatable bonds is 3. The van der Waals surface area contributed by atoms with E-state index < -0.39 is 0 Å². The highest BCUT2D eigenvalue weighted by atomic mass is 35.5. The molecule has 17 heavy (non-hydrogen) atoms. The summed E-state index contributed by atoms with van der Waals surface area (Å²) in [6.07, 6.45) is 3.74. The van der Waals surface area contributed by atoms with Crippen molar-refractivity contribution in [2.75, 3.05) is 24.2 Å². The summed E-state index contributed by atoms with van der Waals surface area (Å²) < 4.78 is 5.63. The molecule has 0 aliphatic carbocycles. The van der Waals surface area contributed by atoms with Gasteiger partial charge >= 0.3 is 0 Å². The van der Waals surface area contributed by atoms with Crippen molar-refractivity contribution in [1.29, 1.82) is 0 Å². The molecule has 1 saturated heterocycles. The monoisotopic (exact) mass is 274 g/mol. The van der Waals surface area contributed by atoms with Gasteiger partial charge in [-0.2, -0.15) is 0 Å². The second-order valence-corrected chi connectivity index (χ2v) is 5.04. The maximum Gasteiger partial charge on any atom is 0.0747 e. The van der Waals surface area contributed by atoms with E-state index in [2.05, 4.69) is 5.32 Å². The van der Waals surface area contributed by atoms with Gasteiger partial charge in [0.15, 0.2) is 0 Å². The molecular formula is C12H16Cl2N2O. The first-order valence-corrected chi connectivity index (χ1v) is 6.52. The third-order valence-corrected chi connectivity index (χ3v) is 3.61. The van der Waals surface area contributed by atoms with E-state index in [-0.39, 0.29) is 6.10 Å². The van der Waals surface area contributed by atoms with E-state index >= 15 is 0 Å². The minimum absolute atomic E-state index is 0.262. The van der Waals surface area contributed by atoms with Crippen LogP contribution in [0.1, 0.15) is 19.3 Å². The van der Waals surface area contributed by atoms with Crippen molar-refractivity contribution in [3.63, 3.8) is 0 Å². The zero-order chi connectivity index (χ0) is 12.3. The highest BCUT2D eigenvalue weighted by Gasteiger charge is 2.14. The second kappa shape index (κ2) is 5.80. The summed E-state index contributed by atoms with van der Waals surface area (Å²) in [7, 11) is 0. The molecule has 0 aromatic heterocycles. The van der Waals surface area contributed by atoms with Crippen molar-refractivity contribution >= 4 is 34.6 Å². The Hall–Kier alpha value is -0.640. The van der Waals surface area contributed by atoms with Crippen molar-refractivity contribution in [3.05, 3.63) is 22.2 Å². The topological polar surface area (TPSA) is 47.3 Å². The average Bonchev–Trinajstić information content (AvgIpc) is 2.33. The molecule has 1 aliphatic heterocycles. The Morgan fingerprint density at radius 3 is 2.76 bits per heavy atom. The Labute approximate surface area is 111 Å². The van der Waals surface area contributed by atoms with E-state index in [1.807, 2.05) is 0 Å². The molecule has 5 heteroatoms. The Balaban J connectivity index is 1.96. The first kappa shape index (κ1) is 12.8. The number of nitrogens with two attached hydrogens (primary N) is 1. The lowest BCUT2D eigenvalue weighted by atomic mass is 10.1. The van der Waals surface area contributed by atoms with Crippen LogP contribution in [0.15, 0.2) is 12.1 Å². The first-order chi connectivity index (χ1) is 8.16. The predicted molar refractivity (Wildman–Crippen MR) is 73.0 cm³/mol. The molecule has 1 fully saturated rings. The maximum absolute atomic E-state index is 5.95. The zero-order valence-electron chi connectivity index (χ0n) is 9.51. The smallest absolute Gasteiger partial charge is 0.0747 e. The van der Waals surface area contributed by atoms with Crippen LogP contribution in [0.25, 0.3) is 0 Å². The molecule has 1 unspecified atom stereocenters. The summed E-state index contributed by atoms with van der Waals surface area (Å²) in [4.78, 5) is 0. The molecule has 1 atom stereocenters. The van der Waals surface area contributed by atoms with Gasteiger partial charge < -0.3 is 15.8 Å². The van der Waals surface area contributed by atoms with Gasteiger partial charge in [-0.3, -0.25) is 0 Å². The van der Waals surface area contributed by atoms with Gasteiger partial charge in [-0.25, -0.2) is 0 Å². The summed E-state index contributed by atoms with van der Waals surface area (Å²) >= 11 is 11.8. The Morgan fingerprint density at radius 2 is 2.06 bits per heavy atom. The van der Waals surface area contributed by atoms with Crippen molar-refractivity contribution in [1.82, 2.24) is 0 Å². The lowest BCUT2D eigenvalue weighted by Crippen LogP contribution is -2.27. The van der Waals surface area contributed by atoms with Gasteiger partial charge in [0.1, 0.15) is 0 Å². The molecule has 0 bridgehead atoms. The molecule has 0 amide bonds. The van der Waals surface area contributed by atoms with Gasteiger partial charge in [0, 0.05) is 13.2 Å². The molecular weight excluding hydrogens is 259 g/mol. The zero-order valence-corrected chi connectivity index (χ0v) is 11.0. The lowest BCUT2D eigenvalue weighted by molar-refractivity contribution is 0.0248. The number of hydrogen-bond acceptors (Lipinski definition) is 3. The van der Waals surface area contributed by atoms with Crippen LogP contribution < -0.4 is 11.1 Å². The van der Waals surface area contributed by atoms with Crippen LogP contribution in [0.3, 0.4) is 0 Å². The largest absolute Gasteiger partial charge is 0.397 e. The highest BCUT2D eigenvalue weighted by Crippen LogP contribution is 2.30. The molecule has 0 saturated carbocycles. The number of benzene rings is 1. The fraction of sp³-hybridized carbons (Fsp3) is 0.500. The Kier molecular flexibility index (Phi) is 4.37. The van der Waals surface area contributed by atoms with E-state index in [4.69, 9.17) is 33.7 Å². The van der Waals surface area contributed by atoms with E-state index in [1.54, 1.807) is 12.1 Å². The summed E-state index contributed by atoms with van der Waals surface area (Å²) in [5.41, 5.74) is 7.28. The molecule has 0 radical (unpaired) electrons. The number of anilines is 2. The fourth-order valence-electron chi connectivity index (χ4n) is 1.91. The number of hydrogen-bond donors (Lipinski definition) is 2. The highest BCUT2D eigenvalue weighted by molar-refractivity contribution is 6.42. The number of nitrogen functional groups attached to an aromatic ring is 1. The van der Waals surface area contributed by atoms with Crippen LogP contribution in [0.4, 0.5) is 11.4 Å². The van der Waals surface area contributed by atoms with Gasteiger partial charge in [-0.1, -0.05) is 23.2 Å². The van der Waals surface area contributed by atoms with Gasteiger partial charge in [-0.05, 0) is 31.4 Å². The second-order valence-electron chi connectivity index (χ2n) is 4.22. The normalized spacial score (nSPS) is 20.2. The molecule has 94 valence electrons. The maximum atomic E-state index is 5.95. The fourth-order valence-corrected chi connectivity index (χ4v) is 2.24. The van der Waals surface area contributed by atoms with Gasteiger partial charge in [0.05, 0.1) is 27.5 Å². The summed E-state index contributed by atoms with van der Waals surface area (Å²) in [5.74, 6) is 0. The Morgan fingerprint density at radius 1 is 1.29 bits per heavy atom. The van der Waals surface area contributed by atoms with Gasteiger partial charge in [-0.15, -0.1) is 0 Å². The van der Waals surface area contributed by atoms with Crippen LogP contribution in [-0.2, 0) is 4.74 Å². The number of nitrogens with one attached hydrogen (secondary N) is 1. The molecule has 3 nitrogen and oxygen atoms in total. The number of halogens is 2. The van der Waals surface area contributed by atoms with E-state index in [0.717, 1.165) is 31.7 Å². The molecule has 1 aromatic rings. The van der Waals surface area contributed by atoms with E-state index in [1.165, 1.54) is 6.42 Å². The SMILES string of the molecule is Nc1cc(Cl)c(Cl)cc1NCC1CCCCO1. The Bertz CT molecular complexity index is 392. The van der Waals surface area contributed by atoms with Crippen molar-refractivity contribution < 1.29 is 4.74 Å². The molecule has 2 rings (SSSR count). The molecule has 3 N–H and O–H groups in total. The molecule has 0 spiro atoms. The standard InChI is InChI=1S/C12H16Cl2N2O/c13-9-5-11(15)12(6-10(9)14)16-7-8-3-1-2-4-17-8/h5-6,8,16H,1-4,7,15H2. The summed E-state index contributed by atoms with van der Waals surface area (Å²) in [6.45, 7) is 1.60. The first-order valence-electron chi connectivity index (χ1n) is 5.77. The van der Waals surface area contributed by atoms with Crippen molar-refractivity contribution in [2.45, 2.75) is 25.4 Å². The lowest BCUT2D eigenvalue weighted by Gasteiger charge is -2.23. The minimum atomic E-state index is 0.262. The average molecular weight is 275 g/mol. The summed E-state index contributed by atoms with van der Waals surface area (Å²) in [5, 5.41) is 4.24. The minimum Gasteiger partial charge on any atom is -0.397 e. The molecule has 1 aliphatic rings. The summed E-state index contributed by atoms with van der Waals surface area (Å²) in [6, 6.07) is 3.41. The van der Waals surface area contributed by atoms with Crippen molar-refractivity contribution in [3.8, 4) is 0 Å². The predicted octanol–water partition coefficient (Wildman–Crippen LogP) is 3.56. The van der Waals surface area contributed by atoms with E-state index in [9.17, 15) is 0 Å². The third kappa shape index (κ3) is 3.41. The van der Waals surface area contributed by atoms with E-state index in [0.29, 0.717) is 15.7 Å². The van der Waals surface area contributed by atoms with Crippen LogP contribution in [-0.4, -0.2) is 19.3 Å². The van der Waals surface area contributed by atoms with Crippen LogP contribution in [0.5, 0.6) is 0 Å². The van der Waals surface area contributed by atoms with Crippen LogP contribution in [0, 0.1) is 0 Å². The number of ether oxygens (including phenoxy) is 1. The molecule has 1 heterocycles. The molecule has 1 aromatic carbocycles. The van der Waals surface area contributed by atoms with Crippen LogP contribution in [0.2, 0.25) is 10.0 Å². The van der Waals surface area contributed by atoms with Gasteiger partial charge in [0.2, 0.25) is 0 Å². The van der Waals surface area contributed by atoms with Crippen molar-refractivity contribution in [2.24, 2.45) is 0 Å². The third-order valence-electron chi connectivity index (χ3n) is 2.89. The quantitative estimate of drug-likeness (QED) is 0.829. The van der Waals surface area contributed by atoms with Gasteiger partial charge in [0.25, 0.3) is 0 Å². The van der Waals surface area contributed by atoms with Crippen LogP contribution >= 0.6 is 23.2 Å².